The number of anilines is 2. The van der Waals surface area contributed by atoms with Gasteiger partial charge >= 0.3 is 0 Å². The number of aryl methyl sites for hydroxylation is 3. The molecule has 4 aromatic carbocycles. The van der Waals surface area contributed by atoms with Crippen LogP contribution in [0.15, 0.2) is 120 Å². The molecule has 0 bridgehead atoms. The largest absolute Gasteiger partial charge is 0.345 e. The molecule has 16 heteroatoms. The van der Waals surface area contributed by atoms with E-state index in [1.807, 2.05) is 12.1 Å². The lowest BCUT2D eigenvalue weighted by atomic mass is 10.0. The van der Waals surface area contributed by atoms with Crippen molar-refractivity contribution in [3.8, 4) is 22.5 Å². The summed E-state index contributed by atoms with van der Waals surface area (Å²) in [5, 5.41) is 6.06. The van der Waals surface area contributed by atoms with Gasteiger partial charge in [0.25, 0.3) is 0 Å². The summed E-state index contributed by atoms with van der Waals surface area (Å²) in [7, 11) is -6.96. The van der Waals surface area contributed by atoms with Crippen molar-refractivity contribution in [2.75, 3.05) is 62.2 Å². The number of hydrogen-bond acceptors (Lipinski definition) is 10. The molecular formula is C43H46Br2N6O4S4. The summed E-state index contributed by atoms with van der Waals surface area (Å²) in [6, 6.07) is 28.6. The van der Waals surface area contributed by atoms with Gasteiger partial charge in [0.1, 0.15) is 0 Å². The summed E-state index contributed by atoms with van der Waals surface area (Å²) in [6.45, 7) is 10.7. The molecule has 0 saturated carbocycles. The van der Waals surface area contributed by atoms with Crippen molar-refractivity contribution in [3.63, 3.8) is 0 Å². The molecule has 10 nitrogen and oxygen atoms in total. The van der Waals surface area contributed by atoms with Gasteiger partial charge in [-0.05, 0) is 73.4 Å². The van der Waals surface area contributed by atoms with Crippen molar-refractivity contribution in [2.45, 2.75) is 43.4 Å². The Morgan fingerprint density at radius 1 is 0.593 bits per heavy atom. The van der Waals surface area contributed by atoms with Crippen LogP contribution in [0.3, 0.4) is 0 Å². The second-order valence-corrected chi connectivity index (χ2v) is 21.8. The van der Waals surface area contributed by atoms with Crippen LogP contribution in [0.25, 0.3) is 22.5 Å². The topological polar surface area (TPSA) is 107 Å². The molecule has 2 aromatic heterocycles. The van der Waals surface area contributed by atoms with E-state index in [-0.39, 0.29) is 0 Å². The Kier molecular flexibility index (Phi) is 14.1. The first-order valence-corrected chi connectivity index (χ1v) is 25.6. The molecule has 0 spiro atoms. The minimum absolute atomic E-state index is 0.326. The summed E-state index contributed by atoms with van der Waals surface area (Å²) in [4.78, 5) is 14.7. The first-order valence-electron chi connectivity index (χ1n) is 19.4. The van der Waals surface area contributed by atoms with Crippen LogP contribution in [0.5, 0.6) is 0 Å². The third kappa shape index (κ3) is 10.2. The number of aromatic nitrogens is 2. The Morgan fingerprint density at radius 3 is 1.49 bits per heavy atom. The molecule has 4 heterocycles. The van der Waals surface area contributed by atoms with Gasteiger partial charge in [-0.1, -0.05) is 99.8 Å². The van der Waals surface area contributed by atoms with E-state index < -0.39 is 20.0 Å². The van der Waals surface area contributed by atoms with E-state index in [4.69, 9.17) is 9.97 Å². The summed E-state index contributed by atoms with van der Waals surface area (Å²) >= 11 is 9.94. The van der Waals surface area contributed by atoms with E-state index in [9.17, 15) is 16.8 Å². The molecule has 8 rings (SSSR count). The summed E-state index contributed by atoms with van der Waals surface area (Å²) < 4.78 is 56.3. The lowest BCUT2D eigenvalue weighted by Crippen LogP contribution is -2.48. The Balaban J connectivity index is 0.000000179. The molecular weight excluding hydrogens is 953 g/mol. The maximum absolute atomic E-state index is 12.9. The minimum Gasteiger partial charge on any atom is -0.345 e. The molecule has 2 aliphatic heterocycles. The molecule has 0 unspecified atom stereocenters. The van der Waals surface area contributed by atoms with Gasteiger partial charge in [-0.15, -0.1) is 22.7 Å². The van der Waals surface area contributed by atoms with E-state index in [2.05, 4.69) is 116 Å². The van der Waals surface area contributed by atoms with Crippen LogP contribution in [0.1, 0.15) is 30.0 Å². The molecule has 6 aromatic rings. The van der Waals surface area contributed by atoms with Crippen molar-refractivity contribution in [3.05, 3.63) is 127 Å². The van der Waals surface area contributed by atoms with Gasteiger partial charge in [-0.2, -0.15) is 8.61 Å². The zero-order valence-electron chi connectivity index (χ0n) is 33.1. The molecule has 310 valence electrons. The quantitative estimate of drug-likeness (QED) is 0.134. The Morgan fingerprint density at radius 2 is 1.03 bits per heavy atom. The molecule has 0 radical (unpaired) electrons. The highest BCUT2D eigenvalue weighted by Crippen LogP contribution is 2.33. The molecule has 0 amide bonds. The molecule has 2 saturated heterocycles. The molecule has 59 heavy (non-hydrogen) atoms. The van der Waals surface area contributed by atoms with Crippen LogP contribution < -0.4 is 9.80 Å². The Labute approximate surface area is 372 Å². The first kappa shape index (κ1) is 43.6. The SMILES string of the molecule is CCCc1ccc(-c2csc(N3CCN(S(=O)(=O)c4cccc(Br)c4)CC3)n2)cc1.Cc1cccc(C)c1-c1csc(N2CCN(S(=O)(=O)c3cccc(Br)c3)CC2)n1. The highest BCUT2D eigenvalue weighted by molar-refractivity contribution is 9.10. The van der Waals surface area contributed by atoms with Crippen molar-refractivity contribution in [1.82, 2.24) is 18.6 Å². The maximum Gasteiger partial charge on any atom is 0.243 e. The number of sulfonamides is 2. The lowest BCUT2D eigenvalue weighted by Gasteiger charge is -2.33. The third-order valence-electron chi connectivity index (χ3n) is 10.4. The number of benzene rings is 4. The Bertz CT molecular complexity index is 2580. The number of rotatable bonds is 10. The second kappa shape index (κ2) is 19.1. The predicted molar refractivity (Wildman–Crippen MR) is 249 cm³/mol. The van der Waals surface area contributed by atoms with Crippen LogP contribution in [0.2, 0.25) is 0 Å². The van der Waals surface area contributed by atoms with E-state index in [1.54, 1.807) is 67.7 Å². The lowest BCUT2D eigenvalue weighted by molar-refractivity contribution is 0.384. The molecule has 0 aliphatic carbocycles. The highest BCUT2D eigenvalue weighted by atomic mass is 79.9. The fourth-order valence-corrected chi connectivity index (χ4v) is 13.0. The van der Waals surface area contributed by atoms with Crippen molar-refractivity contribution in [2.24, 2.45) is 0 Å². The minimum atomic E-state index is -3.48. The predicted octanol–water partition coefficient (Wildman–Crippen LogP) is 9.74. The average Bonchev–Trinajstić information content (AvgIpc) is 3.93. The number of hydrogen-bond donors (Lipinski definition) is 0. The molecule has 2 aliphatic rings. The van der Waals surface area contributed by atoms with E-state index in [0.29, 0.717) is 62.1 Å². The number of thiazole rings is 2. The van der Waals surface area contributed by atoms with Gasteiger partial charge in [-0.25, -0.2) is 26.8 Å². The van der Waals surface area contributed by atoms with Gasteiger partial charge in [0.2, 0.25) is 20.0 Å². The summed E-state index contributed by atoms with van der Waals surface area (Å²) in [5.74, 6) is 0. The van der Waals surface area contributed by atoms with Crippen molar-refractivity contribution in [1.29, 1.82) is 0 Å². The molecule has 2 fully saturated rings. The van der Waals surface area contributed by atoms with Gasteiger partial charge in [0.05, 0.1) is 21.2 Å². The summed E-state index contributed by atoms with van der Waals surface area (Å²) in [5.41, 5.74) is 8.05. The summed E-state index contributed by atoms with van der Waals surface area (Å²) in [6.07, 6.45) is 2.24. The first-order chi connectivity index (χ1) is 28.3. The number of halogens is 2. The van der Waals surface area contributed by atoms with Crippen LogP contribution in [0.4, 0.5) is 10.3 Å². The maximum atomic E-state index is 12.9. The zero-order valence-corrected chi connectivity index (χ0v) is 39.5. The van der Waals surface area contributed by atoms with Crippen LogP contribution in [-0.2, 0) is 26.5 Å². The van der Waals surface area contributed by atoms with E-state index >= 15 is 0 Å². The van der Waals surface area contributed by atoms with Gasteiger partial charge < -0.3 is 9.80 Å². The Hall–Kier alpha value is -3.48. The normalized spacial score (nSPS) is 15.5. The van der Waals surface area contributed by atoms with Crippen LogP contribution in [0, 0.1) is 13.8 Å². The zero-order chi connectivity index (χ0) is 41.7. The van der Waals surface area contributed by atoms with Gasteiger partial charge in [-0.3, -0.25) is 0 Å². The monoisotopic (exact) mass is 996 g/mol. The average molecular weight is 999 g/mol. The highest BCUT2D eigenvalue weighted by Gasteiger charge is 2.31. The number of nitrogens with zero attached hydrogens (tertiary/aromatic N) is 6. The third-order valence-corrected chi connectivity index (χ3v) is 17.0. The van der Waals surface area contributed by atoms with E-state index in [0.717, 1.165) is 49.0 Å². The fourth-order valence-electron chi connectivity index (χ4n) is 7.21. The van der Waals surface area contributed by atoms with Gasteiger partial charge in [0.15, 0.2) is 10.3 Å². The fraction of sp³-hybridized carbons (Fsp3) is 0.302. The molecule has 0 N–H and O–H groups in total. The van der Waals surface area contributed by atoms with Gasteiger partial charge in [0, 0.05) is 83.2 Å². The number of piperazine rings is 2. The van der Waals surface area contributed by atoms with Crippen molar-refractivity contribution < 1.29 is 16.8 Å². The smallest absolute Gasteiger partial charge is 0.243 e. The van der Waals surface area contributed by atoms with Crippen molar-refractivity contribution >= 4 is 84.8 Å². The standard InChI is InChI=1S/C22H24BrN3O2S2.C21H22BrN3O2S2/c1-2-4-17-7-9-18(10-8-17)21-16-29-22(24-21)25-11-13-26(14-12-25)30(27,28)20-6-3-5-19(23)15-20;1-15-5-3-6-16(2)20(15)19-14-28-21(23-19)24-9-11-25(12-10-24)29(26,27)18-8-4-7-17(22)13-18/h3,5-10,15-16H,2,4,11-14H2,1H3;3-8,13-14H,9-12H2,1-2H3. The van der Waals surface area contributed by atoms with E-state index in [1.165, 1.54) is 22.3 Å². The molecule has 0 atom stereocenters. The van der Waals surface area contributed by atoms with Crippen LogP contribution in [-0.4, -0.2) is 87.8 Å². The van der Waals surface area contributed by atoms with Crippen LogP contribution >= 0.6 is 54.5 Å². The second-order valence-electron chi connectivity index (χ2n) is 14.4.